The van der Waals surface area contributed by atoms with Gasteiger partial charge in [0.25, 0.3) is 11.8 Å². The van der Waals surface area contributed by atoms with E-state index in [1.807, 2.05) is 0 Å². The van der Waals surface area contributed by atoms with Crippen molar-refractivity contribution in [2.24, 2.45) is 0 Å². The quantitative estimate of drug-likeness (QED) is 0.584. The molecule has 2 heterocycles. The van der Waals surface area contributed by atoms with Gasteiger partial charge in [-0.25, -0.2) is 9.07 Å². The highest BCUT2D eigenvalue weighted by atomic mass is 19.1. The van der Waals surface area contributed by atoms with E-state index in [0.717, 1.165) is 0 Å². The monoisotopic (exact) mass is 435 g/mol. The molecule has 1 fully saturated rings. The molecule has 1 aromatic heterocycles. The maximum absolute atomic E-state index is 14.2. The number of hydrogen-bond acceptors (Lipinski definition) is 7. The summed E-state index contributed by atoms with van der Waals surface area (Å²) >= 11 is 0. The Morgan fingerprint density at radius 3 is 2.55 bits per heavy atom. The molecule has 0 unspecified atom stereocenters. The fraction of sp³-hybridized carbons (Fsp3) is 0.500. The normalized spacial score (nSPS) is 18.1. The number of hydrogen-bond donors (Lipinski definition) is 1. The molecule has 168 valence electrons. The molecule has 2 atom stereocenters. The largest absolute Gasteiger partial charge is 0.497 e. The van der Waals surface area contributed by atoms with Gasteiger partial charge in [0.05, 0.1) is 46.2 Å². The van der Waals surface area contributed by atoms with Crippen molar-refractivity contribution in [3.63, 3.8) is 0 Å². The molecule has 2 amide bonds. The second-order valence-electron chi connectivity index (χ2n) is 7.12. The zero-order valence-corrected chi connectivity index (χ0v) is 17.7. The number of alkyl halides is 1. The number of rotatable bonds is 9. The first-order valence-electron chi connectivity index (χ1n) is 9.80. The van der Waals surface area contributed by atoms with E-state index in [4.69, 9.17) is 14.2 Å². The summed E-state index contributed by atoms with van der Waals surface area (Å²) in [4.78, 5) is 26.7. The second-order valence-corrected chi connectivity index (χ2v) is 7.12. The lowest BCUT2D eigenvalue weighted by Crippen LogP contribution is -2.38. The highest BCUT2D eigenvalue weighted by molar-refractivity contribution is 5.95. The molecular weight excluding hydrogens is 409 g/mol. The van der Waals surface area contributed by atoms with Crippen molar-refractivity contribution in [3.05, 3.63) is 35.7 Å². The van der Waals surface area contributed by atoms with E-state index in [1.165, 1.54) is 37.1 Å². The van der Waals surface area contributed by atoms with Crippen molar-refractivity contribution in [1.29, 1.82) is 0 Å². The van der Waals surface area contributed by atoms with Crippen LogP contribution in [0.2, 0.25) is 0 Å². The minimum absolute atomic E-state index is 0.0257. The average molecular weight is 435 g/mol. The van der Waals surface area contributed by atoms with E-state index >= 15 is 0 Å². The summed E-state index contributed by atoms with van der Waals surface area (Å²) < 4.78 is 31.0. The van der Waals surface area contributed by atoms with Crippen LogP contribution in [0, 0.1) is 0 Å². The molecule has 2 aromatic rings. The summed E-state index contributed by atoms with van der Waals surface area (Å²) in [5.74, 6) is 0.223. The summed E-state index contributed by atoms with van der Waals surface area (Å²) in [5, 5.41) is 10.5. The third kappa shape index (κ3) is 5.48. The van der Waals surface area contributed by atoms with Crippen molar-refractivity contribution in [1.82, 2.24) is 25.2 Å². The highest BCUT2D eigenvalue weighted by Gasteiger charge is 2.36. The number of carbonyl (C=O) groups is 2. The van der Waals surface area contributed by atoms with Crippen LogP contribution in [0.25, 0.3) is 0 Å². The second kappa shape index (κ2) is 10.2. The number of ether oxygens (including phenoxy) is 3. The Morgan fingerprint density at radius 1 is 1.19 bits per heavy atom. The van der Waals surface area contributed by atoms with E-state index in [1.54, 1.807) is 18.2 Å². The van der Waals surface area contributed by atoms with Gasteiger partial charge in [-0.3, -0.25) is 9.59 Å². The van der Waals surface area contributed by atoms with Gasteiger partial charge < -0.3 is 24.4 Å². The predicted molar refractivity (Wildman–Crippen MR) is 108 cm³/mol. The van der Waals surface area contributed by atoms with Crippen LogP contribution in [0.4, 0.5) is 4.39 Å². The molecule has 0 bridgehead atoms. The Labute approximate surface area is 179 Å². The molecule has 31 heavy (non-hydrogen) atoms. The Balaban J connectivity index is 1.72. The molecule has 0 spiro atoms. The third-order valence-electron chi connectivity index (χ3n) is 4.98. The van der Waals surface area contributed by atoms with Crippen LogP contribution in [0.15, 0.2) is 24.4 Å². The number of aromatic nitrogens is 3. The third-order valence-corrected chi connectivity index (χ3v) is 4.98. The molecule has 1 aliphatic rings. The summed E-state index contributed by atoms with van der Waals surface area (Å²) in [6, 6.07) is 4.40. The summed E-state index contributed by atoms with van der Waals surface area (Å²) in [6.07, 6.45) is 0.495. The number of carbonyl (C=O) groups excluding carboxylic acids is 2. The Bertz CT molecular complexity index is 899. The lowest BCUT2D eigenvalue weighted by atomic mass is 10.1. The van der Waals surface area contributed by atoms with Gasteiger partial charge in [-0.05, 0) is 12.1 Å². The first-order chi connectivity index (χ1) is 14.9. The molecule has 0 saturated carbocycles. The van der Waals surface area contributed by atoms with E-state index in [9.17, 15) is 14.0 Å². The van der Waals surface area contributed by atoms with Gasteiger partial charge in [0, 0.05) is 31.7 Å². The topological polar surface area (TPSA) is 108 Å². The van der Waals surface area contributed by atoms with Gasteiger partial charge in [0.15, 0.2) is 5.69 Å². The molecule has 1 aromatic carbocycles. The number of methoxy groups -OCH3 is 3. The number of amides is 2. The van der Waals surface area contributed by atoms with Crippen molar-refractivity contribution in [3.8, 4) is 11.5 Å². The van der Waals surface area contributed by atoms with Gasteiger partial charge in [-0.2, -0.15) is 0 Å². The maximum Gasteiger partial charge on any atom is 0.273 e. The van der Waals surface area contributed by atoms with Crippen LogP contribution < -0.4 is 14.8 Å². The molecule has 0 radical (unpaired) electrons. The van der Waals surface area contributed by atoms with Crippen LogP contribution in [-0.4, -0.2) is 84.9 Å². The van der Waals surface area contributed by atoms with Crippen molar-refractivity contribution >= 4 is 11.8 Å². The lowest BCUT2D eigenvalue weighted by Gasteiger charge is -2.24. The standard InChI is InChI=1S/C20H26FN5O5/c1-29-5-4-22-19(27)18-12-25(24-23-18)11-15-8-14(21)10-26(15)20(28)13-6-16(30-2)9-17(7-13)31-3/h6-7,9,12,14-15H,4-5,8,10-11H2,1-3H3,(H,22,27)/t14-,15-/m0/s1. The lowest BCUT2D eigenvalue weighted by molar-refractivity contribution is 0.0713. The maximum atomic E-state index is 14.2. The number of halogens is 1. The van der Waals surface area contributed by atoms with Gasteiger partial charge in [-0.15, -0.1) is 5.10 Å². The zero-order valence-electron chi connectivity index (χ0n) is 17.7. The molecular formula is C20H26FN5O5. The van der Waals surface area contributed by atoms with E-state index in [2.05, 4.69) is 15.6 Å². The molecule has 0 aliphatic carbocycles. The molecule has 10 nitrogen and oxygen atoms in total. The minimum atomic E-state index is -1.15. The summed E-state index contributed by atoms with van der Waals surface area (Å²) in [7, 11) is 4.52. The van der Waals surface area contributed by atoms with Gasteiger partial charge in [0.2, 0.25) is 0 Å². The number of nitrogens with zero attached hydrogens (tertiary/aromatic N) is 4. The van der Waals surface area contributed by atoms with Gasteiger partial charge in [-0.1, -0.05) is 5.21 Å². The fourth-order valence-electron chi connectivity index (χ4n) is 3.44. The van der Waals surface area contributed by atoms with Gasteiger partial charge >= 0.3 is 0 Å². The smallest absolute Gasteiger partial charge is 0.273 e. The molecule has 1 N–H and O–H groups in total. The van der Waals surface area contributed by atoms with Crippen LogP contribution >= 0.6 is 0 Å². The first-order valence-corrected chi connectivity index (χ1v) is 9.80. The number of benzene rings is 1. The average Bonchev–Trinajstić information content (AvgIpc) is 3.39. The number of likely N-dealkylation sites (tertiary alicyclic amines) is 1. The number of nitrogens with one attached hydrogen (secondary N) is 1. The predicted octanol–water partition coefficient (Wildman–Crippen LogP) is 0.924. The fourth-order valence-corrected chi connectivity index (χ4v) is 3.44. The summed E-state index contributed by atoms with van der Waals surface area (Å²) in [6.45, 7) is 0.917. The zero-order chi connectivity index (χ0) is 22.4. The van der Waals surface area contributed by atoms with Crippen molar-refractivity contribution < 1.29 is 28.2 Å². The molecule has 1 saturated heterocycles. The highest BCUT2D eigenvalue weighted by Crippen LogP contribution is 2.28. The van der Waals surface area contributed by atoms with Gasteiger partial charge in [0.1, 0.15) is 17.7 Å². The minimum Gasteiger partial charge on any atom is -0.497 e. The molecule has 3 rings (SSSR count). The summed E-state index contributed by atoms with van der Waals surface area (Å²) in [5.41, 5.74) is 0.480. The SMILES string of the molecule is COCCNC(=O)c1cn(C[C@@H]2C[C@H](F)CN2C(=O)c2cc(OC)cc(OC)c2)nn1. The Hall–Kier alpha value is -3.21. The molecule has 11 heteroatoms. The van der Waals surface area contributed by atoms with Crippen LogP contribution in [0.3, 0.4) is 0 Å². The van der Waals surface area contributed by atoms with E-state index < -0.39 is 12.2 Å². The first kappa shape index (κ1) is 22.5. The van der Waals surface area contributed by atoms with E-state index in [0.29, 0.717) is 30.2 Å². The van der Waals surface area contributed by atoms with Crippen LogP contribution in [-0.2, 0) is 11.3 Å². The van der Waals surface area contributed by atoms with E-state index in [-0.39, 0.29) is 37.0 Å². The van der Waals surface area contributed by atoms with Crippen molar-refractivity contribution in [2.45, 2.75) is 25.2 Å². The van der Waals surface area contributed by atoms with Crippen LogP contribution in [0.1, 0.15) is 27.3 Å². The molecule has 1 aliphatic heterocycles. The Kier molecular flexibility index (Phi) is 7.40. The van der Waals surface area contributed by atoms with Crippen LogP contribution in [0.5, 0.6) is 11.5 Å². The Morgan fingerprint density at radius 2 is 1.90 bits per heavy atom. The van der Waals surface area contributed by atoms with Crippen molar-refractivity contribution in [2.75, 3.05) is 41.0 Å².